The Balaban J connectivity index is 0.00000243. The molecule has 2 N–H and O–H groups in total. The monoisotopic (exact) mass is 490 g/mol. The Morgan fingerprint density at radius 3 is 2.50 bits per heavy atom. The van der Waals surface area contributed by atoms with Crippen molar-refractivity contribution in [3.8, 4) is 0 Å². The number of piperidine rings is 2. The van der Waals surface area contributed by atoms with Crippen molar-refractivity contribution in [3.05, 3.63) is 30.3 Å². The van der Waals surface area contributed by atoms with Crippen molar-refractivity contribution >= 4 is 40.7 Å². The van der Waals surface area contributed by atoms with Gasteiger partial charge in [-0.05, 0) is 44.9 Å². The molecule has 1 aromatic carbocycles. The average Bonchev–Trinajstić information content (AvgIpc) is 2.62. The second-order valence-corrected chi connectivity index (χ2v) is 8.65. The number of nitrogens with zero attached hydrogens (tertiary/aromatic N) is 2. The van der Waals surface area contributed by atoms with Crippen LogP contribution in [0.25, 0.3) is 0 Å². The third-order valence-electron chi connectivity index (χ3n) is 5.49. The van der Waals surface area contributed by atoms with Crippen molar-refractivity contribution in [1.29, 1.82) is 0 Å². The molecule has 2 bridgehead atoms. The highest BCUT2D eigenvalue weighted by molar-refractivity contribution is 14.0. The first kappa shape index (κ1) is 21.6. The minimum Gasteiger partial charge on any atom is -0.355 e. The Labute approximate surface area is 176 Å². The van der Waals surface area contributed by atoms with Gasteiger partial charge in [0.1, 0.15) is 0 Å². The molecule has 3 atom stereocenters. The molecule has 5 nitrogen and oxygen atoms in total. The van der Waals surface area contributed by atoms with Gasteiger partial charge in [0.25, 0.3) is 0 Å². The Kier molecular flexibility index (Phi) is 8.83. The molecule has 0 aliphatic carbocycles. The van der Waals surface area contributed by atoms with Gasteiger partial charge in [-0.1, -0.05) is 24.6 Å². The second kappa shape index (κ2) is 10.6. The predicted molar refractivity (Wildman–Crippen MR) is 120 cm³/mol. The molecule has 0 spiro atoms. The Bertz CT molecular complexity index is 599. The highest BCUT2D eigenvalue weighted by Crippen LogP contribution is 2.32. The lowest BCUT2D eigenvalue weighted by atomic mass is 9.82. The number of nitrogens with one attached hydrogen (secondary N) is 2. The van der Waals surface area contributed by atoms with Crippen molar-refractivity contribution < 1.29 is 4.21 Å². The second-order valence-electron chi connectivity index (χ2n) is 7.08. The van der Waals surface area contributed by atoms with E-state index in [0.29, 0.717) is 30.4 Å². The number of benzene rings is 1. The van der Waals surface area contributed by atoms with Crippen LogP contribution in [0.1, 0.15) is 32.1 Å². The molecule has 26 heavy (non-hydrogen) atoms. The van der Waals surface area contributed by atoms with Crippen molar-refractivity contribution in [2.75, 3.05) is 26.4 Å². The summed E-state index contributed by atoms with van der Waals surface area (Å²) in [6.07, 6.45) is 6.36. The maximum atomic E-state index is 12.3. The van der Waals surface area contributed by atoms with Crippen LogP contribution in [0.5, 0.6) is 0 Å². The zero-order valence-corrected chi connectivity index (χ0v) is 18.8. The number of fused-ring (bicyclic) bond motifs is 2. The number of hydrogen-bond donors (Lipinski definition) is 2. The number of halogens is 1. The summed E-state index contributed by atoms with van der Waals surface area (Å²) >= 11 is 0. The zero-order valence-electron chi connectivity index (χ0n) is 15.7. The molecule has 1 aromatic rings. The van der Waals surface area contributed by atoms with Gasteiger partial charge in [-0.25, -0.2) is 0 Å². The van der Waals surface area contributed by atoms with Gasteiger partial charge in [-0.2, -0.15) is 0 Å². The predicted octanol–water partition coefficient (Wildman–Crippen LogP) is 2.59. The molecular formula is C19H31IN4OS. The van der Waals surface area contributed by atoms with Crippen LogP contribution in [0, 0.1) is 0 Å². The lowest BCUT2D eigenvalue weighted by Gasteiger charge is -2.47. The van der Waals surface area contributed by atoms with E-state index in [0.717, 1.165) is 10.9 Å². The topological polar surface area (TPSA) is 56.7 Å². The van der Waals surface area contributed by atoms with Crippen LogP contribution in [-0.4, -0.2) is 59.6 Å². The minimum atomic E-state index is -0.969. The maximum Gasteiger partial charge on any atom is 0.191 e. The van der Waals surface area contributed by atoms with E-state index in [9.17, 15) is 4.21 Å². The lowest BCUT2D eigenvalue weighted by Crippen LogP contribution is -2.56. The van der Waals surface area contributed by atoms with Gasteiger partial charge in [-0.3, -0.25) is 9.20 Å². The van der Waals surface area contributed by atoms with Gasteiger partial charge in [0.2, 0.25) is 0 Å². The molecule has 0 aromatic heterocycles. The van der Waals surface area contributed by atoms with Crippen molar-refractivity contribution in [2.24, 2.45) is 4.99 Å². The first-order chi connectivity index (χ1) is 12.2. The third-order valence-corrected chi connectivity index (χ3v) is 6.86. The smallest absolute Gasteiger partial charge is 0.191 e. The Hall–Kier alpha value is -0.670. The maximum absolute atomic E-state index is 12.3. The molecule has 2 aliphatic rings. The van der Waals surface area contributed by atoms with Gasteiger partial charge in [0, 0.05) is 42.4 Å². The Morgan fingerprint density at radius 2 is 1.88 bits per heavy atom. The highest BCUT2D eigenvalue weighted by atomic mass is 127. The van der Waals surface area contributed by atoms with Crippen molar-refractivity contribution in [2.45, 2.75) is 55.1 Å². The molecule has 3 rings (SSSR count). The largest absolute Gasteiger partial charge is 0.355 e. The Morgan fingerprint density at radius 1 is 1.23 bits per heavy atom. The first-order valence-electron chi connectivity index (χ1n) is 9.30. The van der Waals surface area contributed by atoms with E-state index in [4.69, 9.17) is 0 Å². The number of aliphatic imine (C=N–C) groups is 1. The molecule has 3 unspecified atom stereocenters. The van der Waals surface area contributed by atoms with E-state index in [1.807, 2.05) is 30.3 Å². The fourth-order valence-corrected chi connectivity index (χ4v) is 5.06. The number of rotatable bonds is 5. The van der Waals surface area contributed by atoms with Crippen molar-refractivity contribution in [3.63, 3.8) is 0 Å². The average molecular weight is 490 g/mol. The van der Waals surface area contributed by atoms with Crippen molar-refractivity contribution in [1.82, 2.24) is 15.5 Å². The molecule has 7 heteroatoms. The summed E-state index contributed by atoms with van der Waals surface area (Å²) < 4.78 is 12.3. The normalized spacial score (nSPS) is 27.3. The number of hydrogen-bond acceptors (Lipinski definition) is 3. The highest BCUT2D eigenvalue weighted by Gasteiger charge is 2.36. The van der Waals surface area contributed by atoms with Gasteiger partial charge < -0.3 is 15.5 Å². The van der Waals surface area contributed by atoms with E-state index in [1.165, 1.54) is 32.1 Å². The van der Waals surface area contributed by atoms with Gasteiger partial charge >= 0.3 is 0 Å². The van der Waals surface area contributed by atoms with Crippen LogP contribution in [0.2, 0.25) is 0 Å². The van der Waals surface area contributed by atoms with E-state index in [1.54, 1.807) is 7.05 Å². The summed E-state index contributed by atoms with van der Waals surface area (Å²) in [5.41, 5.74) is 0. The molecule has 2 fully saturated rings. The van der Waals surface area contributed by atoms with Crippen LogP contribution >= 0.6 is 24.0 Å². The van der Waals surface area contributed by atoms with Gasteiger partial charge in [0.15, 0.2) is 5.96 Å². The fraction of sp³-hybridized carbons (Fsp3) is 0.632. The summed E-state index contributed by atoms with van der Waals surface area (Å²) in [6.45, 7) is 0.653. The molecule has 2 heterocycles. The van der Waals surface area contributed by atoms with Crippen LogP contribution in [0.4, 0.5) is 0 Å². The molecule has 0 saturated carbocycles. The summed E-state index contributed by atoms with van der Waals surface area (Å²) in [5.74, 6) is 1.42. The lowest BCUT2D eigenvalue weighted by molar-refractivity contribution is 0.0526. The molecule has 0 radical (unpaired) electrons. The SMILES string of the molecule is CN=C(NCCS(=O)c1ccccc1)NC1CC2CCCC(C1)N2C.I. The first-order valence-corrected chi connectivity index (χ1v) is 10.6. The summed E-state index contributed by atoms with van der Waals surface area (Å²) in [5, 5.41) is 6.91. The van der Waals surface area contributed by atoms with Crippen LogP contribution < -0.4 is 10.6 Å². The fourth-order valence-electron chi connectivity index (χ4n) is 4.07. The number of guanidine groups is 1. The van der Waals surface area contributed by atoms with E-state index < -0.39 is 10.8 Å². The van der Waals surface area contributed by atoms with Gasteiger partial charge in [0.05, 0.1) is 10.8 Å². The van der Waals surface area contributed by atoms with E-state index in [2.05, 4.69) is 27.6 Å². The summed E-state index contributed by atoms with van der Waals surface area (Å²) in [6, 6.07) is 11.5. The van der Waals surface area contributed by atoms with E-state index >= 15 is 0 Å². The zero-order chi connectivity index (χ0) is 17.6. The molecule has 0 amide bonds. The van der Waals surface area contributed by atoms with Crippen LogP contribution in [0.15, 0.2) is 40.2 Å². The molecule has 2 aliphatic heterocycles. The minimum absolute atomic E-state index is 0. The van der Waals surface area contributed by atoms with Crippen LogP contribution in [0.3, 0.4) is 0 Å². The van der Waals surface area contributed by atoms with Gasteiger partial charge in [-0.15, -0.1) is 24.0 Å². The molecule has 146 valence electrons. The summed E-state index contributed by atoms with van der Waals surface area (Å²) in [4.78, 5) is 7.80. The molecular weight excluding hydrogens is 459 g/mol. The molecule has 2 saturated heterocycles. The third kappa shape index (κ3) is 5.66. The quantitative estimate of drug-likeness (QED) is 0.379. The van der Waals surface area contributed by atoms with Crippen LogP contribution in [-0.2, 0) is 10.8 Å². The summed E-state index contributed by atoms with van der Waals surface area (Å²) in [7, 11) is 3.11. The standard InChI is InChI=1S/C19H30N4OS.HI/c1-20-19(21-11-12-25(24)18-9-4-3-5-10-18)22-15-13-16-7-6-8-17(14-15)23(16)2;/h3-5,9-10,15-17H,6-8,11-14H2,1-2H3,(H2,20,21,22);1H. The van der Waals surface area contributed by atoms with E-state index in [-0.39, 0.29) is 24.0 Å².